The second-order valence-corrected chi connectivity index (χ2v) is 5.02. The van der Waals surface area contributed by atoms with Gasteiger partial charge in [0.2, 0.25) is 0 Å². The van der Waals surface area contributed by atoms with Gasteiger partial charge in [-0.2, -0.15) is 0 Å². The maximum atomic E-state index is 13.5. The number of benzene rings is 2. The van der Waals surface area contributed by atoms with Crippen LogP contribution < -0.4 is 5.73 Å². The lowest BCUT2D eigenvalue weighted by Gasteiger charge is -2.28. The van der Waals surface area contributed by atoms with E-state index in [1.54, 1.807) is 18.2 Å². The van der Waals surface area contributed by atoms with Crippen molar-refractivity contribution in [3.63, 3.8) is 0 Å². The molecule has 0 saturated carbocycles. The van der Waals surface area contributed by atoms with Crippen LogP contribution in [0.15, 0.2) is 54.6 Å². The van der Waals surface area contributed by atoms with Crippen molar-refractivity contribution in [2.75, 3.05) is 13.2 Å². The van der Waals surface area contributed by atoms with Crippen LogP contribution in [0.2, 0.25) is 0 Å². The average Bonchev–Trinajstić information content (AvgIpc) is 2.50. The Morgan fingerprint density at radius 3 is 2.38 bits per heavy atom. The normalized spacial score (nSPS) is 13.9. The van der Waals surface area contributed by atoms with Crippen LogP contribution in [-0.4, -0.2) is 18.3 Å². The molecule has 112 valence electrons. The van der Waals surface area contributed by atoms with Crippen molar-refractivity contribution in [2.24, 2.45) is 5.73 Å². The Hall–Kier alpha value is -1.75. The van der Waals surface area contributed by atoms with Crippen molar-refractivity contribution in [1.82, 2.24) is 0 Å². The van der Waals surface area contributed by atoms with Gasteiger partial charge in [-0.15, -0.1) is 0 Å². The van der Waals surface area contributed by atoms with E-state index in [4.69, 9.17) is 10.5 Å². The van der Waals surface area contributed by atoms with Crippen molar-refractivity contribution in [3.05, 3.63) is 71.5 Å². The first kappa shape index (κ1) is 15.6. The molecule has 0 radical (unpaired) electrons. The Bertz CT molecular complexity index is 562. The molecule has 2 aromatic carbocycles. The van der Waals surface area contributed by atoms with Gasteiger partial charge in [-0.3, -0.25) is 0 Å². The molecule has 0 aliphatic heterocycles. The van der Waals surface area contributed by atoms with Gasteiger partial charge in [0, 0.05) is 5.56 Å². The van der Waals surface area contributed by atoms with Gasteiger partial charge < -0.3 is 15.6 Å². The summed E-state index contributed by atoms with van der Waals surface area (Å²) in [5, 5.41) is 10.7. The molecule has 1 atom stereocenters. The molecule has 0 aliphatic carbocycles. The summed E-state index contributed by atoms with van der Waals surface area (Å²) in [5.41, 5.74) is 5.66. The maximum absolute atomic E-state index is 13.5. The lowest BCUT2D eigenvalue weighted by Crippen LogP contribution is -2.34. The summed E-state index contributed by atoms with van der Waals surface area (Å²) in [4.78, 5) is 0. The summed E-state index contributed by atoms with van der Waals surface area (Å²) in [6.45, 7) is 0.531. The Morgan fingerprint density at radius 2 is 1.71 bits per heavy atom. The molecule has 3 nitrogen and oxygen atoms in total. The van der Waals surface area contributed by atoms with Gasteiger partial charge in [0.25, 0.3) is 0 Å². The van der Waals surface area contributed by atoms with Crippen LogP contribution in [0.3, 0.4) is 0 Å². The van der Waals surface area contributed by atoms with Crippen LogP contribution >= 0.6 is 0 Å². The lowest BCUT2D eigenvalue weighted by atomic mass is 9.91. The zero-order valence-electron chi connectivity index (χ0n) is 11.8. The Kier molecular flexibility index (Phi) is 5.44. The van der Waals surface area contributed by atoms with E-state index in [9.17, 15) is 9.50 Å². The highest BCUT2D eigenvalue weighted by Crippen LogP contribution is 2.25. The van der Waals surface area contributed by atoms with Gasteiger partial charge in [0.1, 0.15) is 11.4 Å². The summed E-state index contributed by atoms with van der Waals surface area (Å²) >= 11 is 0. The van der Waals surface area contributed by atoms with Crippen LogP contribution in [0.1, 0.15) is 17.5 Å². The summed E-state index contributed by atoms with van der Waals surface area (Å²) in [6.07, 6.45) is 0.383. The number of hydrogen-bond donors (Lipinski definition) is 2. The minimum atomic E-state index is -1.15. The van der Waals surface area contributed by atoms with E-state index in [0.29, 0.717) is 18.5 Å². The van der Waals surface area contributed by atoms with E-state index >= 15 is 0 Å². The highest BCUT2D eigenvalue weighted by Gasteiger charge is 2.28. The molecule has 2 aromatic rings. The maximum Gasteiger partial charge on any atom is 0.128 e. The van der Waals surface area contributed by atoms with Crippen molar-refractivity contribution >= 4 is 0 Å². The highest BCUT2D eigenvalue weighted by molar-refractivity contribution is 5.22. The second kappa shape index (κ2) is 7.31. The quantitative estimate of drug-likeness (QED) is 0.823. The van der Waals surface area contributed by atoms with E-state index in [-0.39, 0.29) is 19.0 Å². The number of halogens is 1. The second-order valence-electron chi connectivity index (χ2n) is 5.02. The summed E-state index contributed by atoms with van der Waals surface area (Å²) in [5.74, 6) is -0.306. The van der Waals surface area contributed by atoms with Crippen molar-refractivity contribution < 1.29 is 14.2 Å². The van der Waals surface area contributed by atoms with Gasteiger partial charge in [-0.1, -0.05) is 48.5 Å². The summed E-state index contributed by atoms with van der Waals surface area (Å²) in [7, 11) is 0. The topological polar surface area (TPSA) is 55.5 Å². The molecule has 1 unspecified atom stereocenters. The van der Waals surface area contributed by atoms with E-state index in [1.165, 1.54) is 6.07 Å². The molecule has 21 heavy (non-hydrogen) atoms. The molecular weight excluding hydrogens is 269 g/mol. The fourth-order valence-electron chi connectivity index (χ4n) is 2.23. The number of hydrogen-bond acceptors (Lipinski definition) is 3. The standard InChI is InChI=1S/C17H20FNO2/c18-16-9-5-4-6-14(16)12-21-13-17(20,10-11-19)15-7-2-1-3-8-15/h1-9,20H,10-13,19H2. The average molecular weight is 289 g/mol. The van der Waals surface area contributed by atoms with E-state index in [0.717, 1.165) is 5.56 Å². The van der Waals surface area contributed by atoms with Gasteiger partial charge in [0.15, 0.2) is 0 Å². The Balaban J connectivity index is 2.02. The fourth-order valence-corrected chi connectivity index (χ4v) is 2.23. The summed E-state index contributed by atoms with van der Waals surface area (Å²) in [6, 6.07) is 15.7. The van der Waals surface area contributed by atoms with Crippen LogP contribution in [0.4, 0.5) is 4.39 Å². The molecule has 0 saturated heterocycles. The molecule has 3 N–H and O–H groups in total. The Morgan fingerprint density at radius 1 is 1.05 bits per heavy atom. The molecule has 0 fully saturated rings. The zero-order valence-corrected chi connectivity index (χ0v) is 11.8. The van der Waals surface area contributed by atoms with Crippen LogP contribution in [-0.2, 0) is 16.9 Å². The largest absolute Gasteiger partial charge is 0.383 e. The highest BCUT2D eigenvalue weighted by atomic mass is 19.1. The molecule has 0 spiro atoms. The molecule has 0 amide bonds. The molecule has 2 rings (SSSR count). The van der Waals surface area contributed by atoms with Crippen molar-refractivity contribution in [3.8, 4) is 0 Å². The monoisotopic (exact) mass is 289 g/mol. The molecule has 0 bridgehead atoms. The summed E-state index contributed by atoms with van der Waals surface area (Å²) < 4.78 is 19.0. The first-order chi connectivity index (χ1) is 10.2. The minimum Gasteiger partial charge on any atom is -0.383 e. The SMILES string of the molecule is NCCC(O)(COCc1ccccc1F)c1ccccc1. The van der Waals surface area contributed by atoms with Crippen molar-refractivity contribution in [1.29, 1.82) is 0 Å². The third-order valence-corrected chi connectivity index (χ3v) is 3.43. The van der Waals surface area contributed by atoms with Crippen LogP contribution in [0.25, 0.3) is 0 Å². The third-order valence-electron chi connectivity index (χ3n) is 3.43. The smallest absolute Gasteiger partial charge is 0.128 e. The molecule has 0 aromatic heterocycles. The molecule has 0 heterocycles. The fraction of sp³-hybridized carbons (Fsp3) is 0.294. The minimum absolute atomic E-state index is 0.0720. The van der Waals surface area contributed by atoms with Gasteiger partial charge in [-0.25, -0.2) is 4.39 Å². The number of aliphatic hydroxyl groups is 1. The van der Waals surface area contributed by atoms with Gasteiger partial charge in [0.05, 0.1) is 13.2 Å². The van der Waals surface area contributed by atoms with E-state index < -0.39 is 5.60 Å². The number of ether oxygens (including phenoxy) is 1. The van der Waals surface area contributed by atoms with E-state index in [1.807, 2.05) is 30.3 Å². The van der Waals surface area contributed by atoms with Gasteiger partial charge in [-0.05, 0) is 24.6 Å². The molecule has 4 heteroatoms. The van der Waals surface area contributed by atoms with Gasteiger partial charge >= 0.3 is 0 Å². The predicted molar refractivity (Wildman–Crippen MR) is 80.1 cm³/mol. The van der Waals surface area contributed by atoms with Crippen molar-refractivity contribution in [2.45, 2.75) is 18.6 Å². The Labute approximate surface area is 124 Å². The molecule has 0 aliphatic rings. The van der Waals surface area contributed by atoms with Crippen LogP contribution in [0, 0.1) is 5.82 Å². The van der Waals surface area contributed by atoms with E-state index in [2.05, 4.69) is 0 Å². The first-order valence-corrected chi connectivity index (χ1v) is 6.95. The number of rotatable bonds is 7. The first-order valence-electron chi connectivity index (χ1n) is 6.95. The van der Waals surface area contributed by atoms with Crippen LogP contribution in [0.5, 0.6) is 0 Å². The lowest BCUT2D eigenvalue weighted by molar-refractivity contribution is -0.0607. The predicted octanol–water partition coefficient (Wildman–Crippen LogP) is 2.58. The third kappa shape index (κ3) is 4.11. The zero-order chi connectivity index (χ0) is 15.1. The molecular formula is C17H20FNO2. The number of nitrogens with two attached hydrogens (primary N) is 1.